The Kier molecular flexibility index (Phi) is 21.7. The minimum absolute atomic E-state index is 0.000828. The Morgan fingerprint density at radius 2 is 1.56 bits per heavy atom. The van der Waals surface area contributed by atoms with Crippen molar-refractivity contribution >= 4 is 80.8 Å². The predicted octanol–water partition coefficient (Wildman–Crippen LogP) is -2.23. The highest BCUT2D eigenvalue weighted by molar-refractivity contribution is 8.76. The summed E-state index contributed by atoms with van der Waals surface area (Å²) in [5.41, 5.74) is 18.2. The molecule has 2 aromatic carbocycles. The number of carboxylic acids is 2. The number of nitrogens with zero attached hydrogens (tertiary/aromatic N) is 3. The number of carbonyl (C=O) groups is 9. The van der Waals surface area contributed by atoms with Gasteiger partial charge in [-0.3, -0.25) is 43.3 Å². The number of amides is 7. The lowest BCUT2D eigenvalue weighted by atomic mass is 10.0. The highest BCUT2D eigenvalue weighted by Crippen LogP contribution is 2.25. The van der Waals surface area contributed by atoms with Gasteiger partial charge in [0, 0.05) is 55.7 Å². The normalized spacial score (nSPS) is 19.9. The number of nitrogens with one attached hydrogen (secondary N) is 7. The highest BCUT2D eigenvalue weighted by Gasteiger charge is 2.40. The number of benzene rings is 2. The van der Waals surface area contributed by atoms with Gasteiger partial charge >= 0.3 is 11.9 Å². The van der Waals surface area contributed by atoms with E-state index in [-0.39, 0.29) is 81.3 Å². The maximum absolute atomic E-state index is 14.5. The van der Waals surface area contributed by atoms with Crippen molar-refractivity contribution in [3.63, 3.8) is 0 Å². The number of hydrogen-bond acceptors (Lipinski definition) is 15. The van der Waals surface area contributed by atoms with Crippen molar-refractivity contribution in [2.75, 3.05) is 24.6 Å². The molecule has 2 aliphatic heterocycles. The zero-order valence-corrected chi connectivity index (χ0v) is 41.2. The van der Waals surface area contributed by atoms with E-state index in [0.29, 0.717) is 23.2 Å². The summed E-state index contributed by atoms with van der Waals surface area (Å²) in [7, 11) is 2.37. The molecule has 0 aliphatic carbocycles. The number of carbonyl (C=O) groups excluding carboxylic acids is 7. The number of nitrogens with two attached hydrogens (primary N) is 3. The standard InChI is InChI=1S/C46H61N13O12S2/c47-29(21-37(61)62)38(63)53-30(8-4-15-51-46(48)49)39(64)54-31-14-17-72-73-23-35(58-41(66)32(55-40(31)65)18-26-10-12-28(60)13-11-26)42(67)56-33(20-27-22-50-24-52-27)44(69)59-16-5-9-36(59)43(68)57-34(45(70)71)19-25-6-2-1-3-7-25/h1-3,6-7,10-13,22,24,29-36,60H,4-5,8-9,14-21,23,47H2,(H,50,52)(H,53,63)(H,54,64)(H,55,65)(H,56,67)(H,57,68)(H,58,66)(H,61,62)(H,70,71)(H4,48,49,51)/t29-,30-,31-,32-,33-,34-,35-,36-/m0/s1. The van der Waals surface area contributed by atoms with Crippen molar-refractivity contribution in [3.8, 4) is 5.75 Å². The van der Waals surface area contributed by atoms with Gasteiger partial charge in [-0.1, -0.05) is 64.1 Å². The van der Waals surface area contributed by atoms with E-state index in [0.717, 1.165) is 10.8 Å². The first-order valence-electron chi connectivity index (χ1n) is 23.3. The topological polar surface area (TPSA) is 409 Å². The maximum atomic E-state index is 14.5. The molecule has 5 rings (SSSR count). The number of aliphatic imine (C=N–C) groups is 1. The lowest BCUT2D eigenvalue weighted by molar-refractivity contribution is -0.145. The third-order valence-electron chi connectivity index (χ3n) is 11.7. The number of H-pyrrole nitrogens is 1. The number of aromatic nitrogens is 2. The van der Waals surface area contributed by atoms with Gasteiger partial charge in [0.25, 0.3) is 0 Å². The first kappa shape index (κ1) is 56.5. The molecule has 2 fully saturated rings. The van der Waals surface area contributed by atoms with Gasteiger partial charge in [0.15, 0.2) is 5.96 Å². The summed E-state index contributed by atoms with van der Waals surface area (Å²) in [5, 5.41) is 44.9. The molecule has 0 spiro atoms. The number of hydrogen-bond donors (Lipinski definition) is 13. The van der Waals surface area contributed by atoms with Crippen LogP contribution in [0.15, 0.2) is 72.1 Å². The Balaban J connectivity index is 1.35. The molecule has 0 radical (unpaired) electrons. The number of aromatic hydroxyl groups is 1. The zero-order valence-electron chi connectivity index (χ0n) is 39.6. The number of phenolic OH excluding ortho intramolecular Hbond substituents is 1. The Morgan fingerprint density at radius 3 is 2.23 bits per heavy atom. The Bertz CT molecular complexity index is 2430. The molecular weight excluding hydrogens is 991 g/mol. The van der Waals surface area contributed by atoms with Crippen LogP contribution in [0.5, 0.6) is 5.75 Å². The lowest BCUT2D eigenvalue weighted by Gasteiger charge is -2.31. The molecule has 394 valence electrons. The summed E-state index contributed by atoms with van der Waals surface area (Å²) >= 11 is 0. The van der Waals surface area contributed by atoms with Gasteiger partial charge in [-0.2, -0.15) is 0 Å². The van der Waals surface area contributed by atoms with Gasteiger partial charge in [-0.05, 0) is 55.4 Å². The minimum Gasteiger partial charge on any atom is -0.508 e. The molecule has 7 amide bonds. The van der Waals surface area contributed by atoms with E-state index in [9.17, 15) is 53.4 Å². The van der Waals surface area contributed by atoms with Gasteiger partial charge in [-0.25, -0.2) is 9.78 Å². The van der Waals surface area contributed by atoms with Crippen molar-refractivity contribution in [2.45, 2.75) is 106 Å². The fraction of sp³-hybridized carbons (Fsp3) is 0.457. The average molecular weight is 1050 g/mol. The van der Waals surface area contributed by atoms with E-state index in [1.807, 2.05) is 0 Å². The SMILES string of the molecule is NC(N)=NCCC[C@H](NC(=O)[C@@H](N)CC(=O)O)C(=O)N[C@H]1CCSSC[C@@H](C(=O)N[C@@H](Cc2cnc[nH]2)C(=O)N2CCC[C@H]2C(=O)N[C@@H](Cc2ccccc2)C(=O)O)NC(=O)[C@H](Cc2ccc(O)cc2)NC1=O. The number of carboxylic acid groups (broad SMARTS) is 2. The summed E-state index contributed by atoms with van der Waals surface area (Å²) in [5.74, 6) is -8.22. The van der Waals surface area contributed by atoms with Crippen molar-refractivity contribution in [3.05, 3.63) is 83.9 Å². The summed E-state index contributed by atoms with van der Waals surface area (Å²) in [4.78, 5) is 133. The van der Waals surface area contributed by atoms with E-state index in [1.54, 1.807) is 30.3 Å². The third-order valence-corrected chi connectivity index (χ3v) is 14.2. The molecule has 0 saturated carbocycles. The zero-order chi connectivity index (χ0) is 53.0. The van der Waals surface area contributed by atoms with Crippen LogP contribution in [-0.2, 0) is 62.4 Å². The molecule has 16 N–H and O–H groups in total. The molecule has 3 aromatic rings. The second-order valence-corrected chi connectivity index (χ2v) is 19.9. The fourth-order valence-corrected chi connectivity index (χ4v) is 10.2. The summed E-state index contributed by atoms with van der Waals surface area (Å²) < 4.78 is 0. The van der Waals surface area contributed by atoms with Gasteiger partial charge < -0.3 is 74.3 Å². The first-order chi connectivity index (χ1) is 34.9. The van der Waals surface area contributed by atoms with Crippen LogP contribution in [0.1, 0.15) is 55.3 Å². The molecule has 0 unspecified atom stereocenters. The van der Waals surface area contributed by atoms with Crippen LogP contribution in [0.2, 0.25) is 0 Å². The summed E-state index contributed by atoms with van der Waals surface area (Å²) in [6.07, 6.45) is 2.61. The summed E-state index contributed by atoms with van der Waals surface area (Å²) in [6.45, 7) is 0.199. The molecule has 27 heteroatoms. The number of rotatable bonds is 22. The van der Waals surface area contributed by atoms with Crippen molar-refractivity contribution in [1.29, 1.82) is 0 Å². The van der Waals surface area contributed by atoms with Crippen LogP contribution in [0.3, 0.4) is 0 Å². The molecule has 2 saturated heterocycles. The second kappa shape index (κ2) is 28.0. The number of phenols is 1. The van der Waals surface area contributed by atoms with Gasteiger partial charge in [-0.15, -0.1) is 0 Å². The highest BCUT2D eigenvalue weighted by atomic mass is 33.1. The fourth-order valence-electron chi connectivity index (χ4n) is 7.93. The Hall–Kier alpha value is -7.39. The monoisotopic (exact) mass is 1050 g/mol. The van der Waals surface area contributed by atoms with Crippen LogP contribution in [0.4, 0.5) is 0 Å². The van der Waals surface area contributed by atoms with Crippen LogP contribution in [0, 0.1) is 0 Å². The number of guanidine groups is 1. The third kappa shape index (κ3) is 18.0. The van der Waals surface area contributed by atoms with Crippen LogP contribution >= 0.6 is 21.6 Å². The maximum Gasteiger partial charge on any atom is 0.326 e. The van der Waals surface area contributed by atoms with Gasteiger partial charge in [0.2, 0.25) is 41.4 Å². The number of likely N-dealkylation sites (tertiary alicyclic amines) is 1. The number of imidazole rings is 1. The quantitative estimate of drug-likeness (QED) is 0.0219. The first-order valence-corrected chi connectivity index (χ1v) is 25.8. The van der Waals surface area contributed by atoms with E-state index in [1.165, 1.54) is 52.5 Å². The summed E-state index contributed by atoms with van der Waals surface area (Å²) in [6, 6.07) is 4.09. The smallest absolute Gasteiger partial charge is 0.326 e. The van der Waals surface area contributed by atoms with E-state index < -0.39 is 108 Å². The van der Waals surface area contributed by atoms with Crippen molar-refractivity contribution in [2.24, 2.45) is 22.2 Å². The largest absolute Gasteiger partial charge is 0.508 e. The van der Waals surface area contributed by atoms with E-state index in [2.05, 4.69) is 46.9 Å². The Morgan fingerprint density at radius 1 is 0.836 bits per heavy atom. The predicted molar refractivity (Wildman–Crippen MR) is 268 cm³/mol. The molecular formula is C46H61N13O12S2. The minimum atomic E-state index is -1.50. The van der Waals surface area contributed by atoms with Crippen LogP contribution in [0.25, 0.3) is 0 Å². The van der Waals surface area contributed by atoms with Gasteiger partial charge in [0.05, 0.1) is 18.8 Å². The molecule has 2 aliphatic rings. The average Bonchev–Trinajstić information content (AvgIpc) is 4.07. The van der Waals surface area contributed by atoms with Crippen LogP contribution < -0.4 is 49.1 Å². The van der Waals surface area contributed by atoms with Gasteiger partial charge in [0.1, 0.15) is 48.0 Å². The molecule has 3 heterocycles. The van der Waals surface area contributed by atoms with Crippen molar-refractivity contribution in [1.82, 2.24) is 46.8 Å². The second-order valence-electron chi connectivity index (χ2n) is 17.3. The van der Waals surface area contributed by atoms with E-state index >= 15 is 0 Å². The molecule has 1 aromatic heterocycles. The molecule has 0 bridgehead atoms. The lowest BCUT2D eigenvalue weighted by Crippen LogP contribution is -2.61. The van der Waals surface area contributed by atoms with Crippen molar-refractivity contribution < 1.29 is 58.5 Å². The molecule has 25 nitrogen and oxygen atoms in total. The van der Waals surface area contributed by atoms with Crippen LogP contribution in [-0.4, -0.2) is 162 Å². The number of aromatic amines is 1. The molecule has 8 atom stereocenters. The Labute approximate surface area is 427 Å². The number of aliphatic carboxylic acids is 2. The van der Waals surface area contributed by atoms with E-state index in [4.69, 9.17) is 22.3 Å². The molecule has 73 heavy (non-hydrogen) atoms.